The van der Waals surface area contributed by atoms with Gasteiger partial charge in [0.25, 0.3) is 0 Å². The van der Waals surface area contributed by atoms with Gasteiger partial charge in [0.1, 0.15) is 11.2 Å². The van der Waals surface area contributed by atoms with Gasteiger partial charge in [-0.3, -0.25) is 28.5 Å². The van der Waals surface area contributed by atoms with E-state index in [1.807, 2.05) is 56.3 Å². The van der Waals surface area contributed by atoms with Crippen LogP contribution in [-0.4, -0.2) is 151 Å². The van der Waals surface area contributed by atoms with Crippen LogP contribution in [0, 0.1) is 11.3 Å². The second kappa shape index (κ2) is 16.1. The lowest BCUT2D eigenvalue weighted by atomic mass is 9.47. The highest BCUT2D eigenvalue weighted by molar-refractivity contribution is 7.79. The van der Waals surface area contributed by atoms with E-state index < -0.39 is 87.8 Å². The van der Waals surface area contributed by atoms with Crippen LogP contribution in [0.1, 0.15) is 83.4 Å². The molecule has 6 heterocycles. The van der Waals surface area contributed by atoms with E-state index in [1.54, 1.807) is 18.0 Å². The van der Waals surface area contributed by atoms with Crippen LogP contribution in [0.3, 0.4) is 0 Å². The Labute approximate surface area is 381 Å². The summed E-state index contributed by atoms with van der Waals surface area (Å²) in [4.78, 5) is 53.4. The van der Waals surface area contributed by atoms with Crippen LogP contribution in [0.25, 0.3) is 10.9 Å². The summed E-state index contributed by atoms with van der Waals surface area (Å²) in [5.74, 6) is -3.89. The molecule has 18 heteroatoms. The van der Waals surface area contributed by atoms with Crippen molar-refractivity contribution in [1.82, 2.24) is 14.8 Å². The number of methoxy groups -OCH3 is 3. The van der Waals surface area contributed by atoms with Gasteiger partial charge in [-0.1, -0.05) is 44.2 Å². The summed E-state index contributed by atoms with van der Waals surface area (Å²) in [6.07, 6.45) is 3.78. The second-order valence-corrected chi connectivity index (χ2v) is 19.2. The summed E-state index contributed by atoms with van der Waals surface area (Å²) in [7, 11) is -3.56. The minimum Gasteiger partial charge on any atom is -0.496 e. The third-order valence-corrected chi connectivity index (χ3v) is 15.4. The van der Waals surface area contributed by atoms with E-state index in [9.17, 15) is 19.8 Å². The molecular weight excluding hydrogens is 849 g/mol. The molecule has 1 spiro atoms. The molecule has 2 saturated heterocycles. The average molecular weight is 915 g/mol. The standard InChI is InChI=1S/C46H58N4O9.H2O4S/c1-8-42(54)23-28-24-45(40(52)57-6,36-30(15-19-49(25-28)26-42)29-13-10-11-14-33(29)47-36)32-21-31-34(22-35(32)56-5)48(4)38-44(31)17-20-50-18-12-16-43(9-2,37(44)50)39(59-27(3)51)46(38,55)41(53)58-7;1-5(2,3)4/h10-14,16,21-22,28,37-39,47,54-55H,8-9,15,17-20,23-26H2,1-7H3;(H2,1,2,3,4)/t28-,37-,38+,39+,42+,43+,44+,45+,46-;/m0./s1/i3D3,6D3;. The van der Waals surface area contributed by atoms with Crippen molar-refractivity contribution in [3.63, 3.8) is 0 Å². The number of rotatable bonds is 7. The summed E-state index contributed by atoms with van der Waals surface area (Å²) in [6, 6.07) is 9.41. The van der Waals surface area contributed by atoms with Crippen LogP contribution in [-0.2, 0) is 56.2 Å². The topological polar surface area (TPSA) is 229 Å². The van der Waals surface area contributed by atoms with E-state index in [1.165, 1.54) is 7.11 Å². The van der Waals surface area contributed by atoms with Crippen molar-refractivity contribution in [3.8, 4) is 5.75 Å². The largest absolute Gasteiger partial charge is 0.496 e. The minimum absolute atomic E-state index is 0.0123. The van der Waals surface area contributed by atoms with E-state index in [4.69, 9.17) is 44.7 Å². The molecule has 1 aromatic heterocycles. The van der Waals surface area contributed by atoms with Gasteiger partial charge in [-0.25, -0.2) is 4.79 Å². The Morgan fingerprint density at radius 1 is 0.984 bits per heavy atom. The van der Waals surface area contributed by atoms with Gasteiger partial charge in [0.05, 0.1) is 37.0 Å². The molecule has 1 aliphatic carbocycles. The van der Waals surface area contributed by atoms with Crippen molar-refractivity contribution in [3.05, 3.63) is 70.9 Å². The number of nitrogens with one attached hydrogen (secondary N) is 1. The first-order chi connectivity index (χ1) is 32.6. The molecule has 348 valence electrons. The molecule has 2 bridgehead atoms. The number of nitrogens with zero attached hydrogens (tertiary/aromatic N) is 3. The minimum atomic E-state index is -4.67. The maximum Gasteiger partial charge on any atom is 0.394 e. The molecule has 1 unspecified atom stereocenters. The quantitative estimate of drug-likeness (QED) is 0.0991. The monoisotopic (exact) mass is 914 g/mol. The van der Waals surface area contributed by atoms with Gasteiger partial charge in [0.15, 0.2) is 6.10 Å². The van der Waals surface area contributed by atoms with Crippen molar-refractivity contribution >= 4 is 44.9 Å². The molecule has 17 nitrogen and oxygen atoms in total. The molecule has 10 atom stereocenters. The van der Waals surface area contributed by atoms with E-state index >= 15 is 4.79 Å². The normalized spacial score (nSPS) is 36.8. The predicted octanol–water partition coefficient (Wildman–Crippen LogP) is 3.34. The number of aliphatic hydroxyl groups is 2. The number of likely N-dealkylation sites (N-methyl/N-ethyl adjacent to an activating group) is 1. The number of anilines is 1. The van der Waals surface area contributed by atoms with E-state index in [2.05, 4.69) is 14.8 Å². The van der Waals surface area contributed by atoms with Crippen LogP contribution < -0.4 is 9.64 Å². The SMILES string of the molecule is O=S(=O)(O)O.[2H]C([2H])([2H])OC(=O)[C@@]1(c2cc3c(cc2OC)N(C)[C@H]2[C@@](O)(C(=O)OC)[C@H](OC(=O)C([2H])([2H])[2H])[C@]4(CC)C=CCN5CC[C@]32[C@@H]54)C[C@H]2CN(CCc3c1[nH]c1ccccc31)C[C@@](O)(CC)C2. The lowest BCUT2D eigenvalue weighted by Gasteiger charge is -2.63. The molecule has 6 aliphatic rings. The van der Waals surface area contributed by atoms with Crippen LogP contribution in [0.4, 0.5) is 5.69 Å². The Kier molecular flexibility index (Phi) is 9.73. The molecular formula is C46H60N4O13S. The zero-order valence-corrected chi connectivity index (χ0v) is 37.2. The maximum atomic E-state index is 15.6. The highest BCUT2D eigenvalue weighted by Gasteiger charge is 2.80. The van der Waals surface area contributed by atoms with Gasteiger partial charge < -0.3 is 39.0 Å². The molecule has 5 N–H and O–H groups in total. The van der Waals surface area contributed by atoms with Crippen molar-refractivity contribution < 1.29 is 69.3 Å². The molecule has 5 aliphatic heterocycles. The third-order valence-electron chi connectivity index (χ3n) is 15.4. The first-order valence-corrected chi connectivity index (χ1v) is 22.9. The Bertz CT molecular complexity index is 2730. The molecule has 2 aromatic carbocycles. The molecule has 3 fully saturated rings. The van der Waals surface area contributed by atoms with Gasteiger partial charge in [0, 0.05) is 95.0 Å². The zero-order chi connectivity index (χ0) is 51.4. The summed E-state index contributed by atoms with van der Waals surface area (Å²) in [5, 5.41) is 26.3. The summed E-state index contributed by atoms with van der Waals surface area (Å²) < 4.78 is 104. The first kappa shape index (κ1) is 38.7. The number of ether oxygens (including phenoxy) is 4. The number of hydrogen-bond donors (Lipinski definition) is 5. The number of para-hydroxylation sites is 1. The van der Waals surface area contributed by atoms with Crippen molar-refractivity contribution in [2.24, 2.45) is 11.3 Å². The van der Waals surface area contributed by atoms with Gasteiger partial charge in [0.2, 0.25) is 5.60 Å². The van der Waals surface area contributed by atoms with Gasteiger partial charge in [-0.05, 0) is 74.2 Å². The van der Waals surface area contributed by atoms with Crippen molar-refractivity contribution in [2.75, 3.05) is 65.9 Å². The summed E-state index contributed by atoms with van der Waals surface area (Å²) in [6.45, 7) is 2.97. The van der Waals surface area contributed by atoms with Gasteiger partial charge >= 0.3 is 28.3 Å². The van der Waals surface area contributed by atoms with E-state index in [0.717, 1.165) is 23.6 Å². The second-order valence-electron chi connectivity index (χ2n) is 18.3. The number of benzene rings is 2. The Balaban J connectivity index is 0.00000125. The van der Waals surface area contributed by atoms with Gasteiger partial charge in [-0.2, -0.15) is 8.42 Å². The number of carbonyl (C=O) groups is 3. The predicted molar refractivity (Wildman–Crippen MR) is 235 cm³/mol. The number of aromatic amines is 1. The highest BCUT2D eigenvalue weighted by Crippen LogP contribution is 2.68. The Morgan fingerprint density at radius 2 is 1.73 bits per heavy atom. The fourth-order valence-electron chi connectivity index (χ4n) is 13.4. The van der Waals surface area contributed by atoms with Crippen LogP contribution >= 0.6 is 0 Å². The lowest BCUT2D eigenvalue weighted by Crippen LogP contribution is -2.81. The number of esters is 3. The number of piperidine rings is 1. The maximum absolute atomic E-state index is 15.6. The molecule has 1 saturated carbocycles. The number of hydrogen-bond acceptors (Lipinski definition) is 14. The summed E-state index contributed by atoms with van der Waals surface area (Å²) in [5.41, 5.74) is -4.80. The molecule has 64 heavy (non-hydrogen) atoms. The third kappa shape index (κ3) is 6.69. The van der Waals surface area contributed by atoms with E-state index in [-0.39, 0.29) is 24.5 Å². The van der Waals surface area contributed by atoms with Crippen LogP contribution in [0.15, 0.2) is 48.6 Å². The van der Waals surface area contributed by atoms with E-state index in [0.29, 0.717) is 80.9 Å². The molecule has 9 rings (SSSR count). The molecule has 0 radical (unpaired) electrons. The number of carbonyl (C=O) groups excluding carboxylic acids is 3. The molecule has 3 aromatic rings. The van der Waals surface area contributed by atoms with Gasteiger partial charge in [-0.15, -0.1) is 0 Å². The number of H-pyrrole nitrogens is 1. The summed E-state index contributed by atoms with van der Waals surface area (Å²) >= 11 is 0. The van der Waals surface area contributed by atoms with Crippen molar-refractivity contribution in [2.45, 2.75) is 99.4 Å². The van der Waals surface area contributed by atoms with Crippen LogP contribution in [0.2, 0.25) is 0 Å². The smallest absolute Gasteiger partial charge is 0.394 e. The molecule has 0 amide bonds. The Hall–Kier alpha value is -4.56. The Morgan fingerprint density at radius 3 is 2.41 bits per heavy atom. The average Bonchev–Trinajstić information content (AvgIpc) is 3.94. The van der Waals surface area contributed by atoms with Crippen molar-refractivity contribution in [1.29, 1.82) is 0 Å². The highest BCUT2D eigenvalue weighted by atomic mass is 32.3. The zero-order valence-electron chi connectivity index (χ0n) is 42.4. The first-order valence-electron chi connectivity index (χ1n) is 24.5. The fourth-order valence-corrected chi connectivity index (χ4v) is 13.4. The lowest BCUT2D eigenvalue weighted by molar-refractivity contribution is -0.228. The fraction of sp³-hybridized carbons (Fsp3) is 0.587. The number of fused-ring (bicyclic) bond motifs is 6. The van der Waals surface area contributed by atoms with Crippen LogP contribution in [0.5, 0.6) is 5.75 Å². The number of aromatic nitrogens is 1.